The smallest absolute Gasteiger partial charge is 0.252 e. The van der Waals surface area contributed by atoms with Gasteiger partial charge in [0.15, 0.2) is 0 Å². The van der Waals surface area contributed by atoms with Crippen LogP contribution in [-0.2, 0) is 16.4 Å². The van der Waals surface area contributed by atoms with Gasteiger partial charge in [0, 0.05) is 13.5 Å². The van der Waals surface area contributed by atoms with E-state index in [0.717, 1.165) is 47.4 Å². The van der Waals surface area contributed by atoms with Gasteiger partial charge in [-0.05, 0) is 66.3 Å². The van der Waals surface area contributed by atoms with E-state index in [1.165, 1.54) is 7.05 Å². The minimum atomic E-state index is -3.54. The van der Waals surface area contributed by atoms with Crippen LogP contribution in [0, 0.1) is 5.82 Å². The standard InChI is InChI=1S/C23H24FN3O4S/c1-27(32(2,29)30)22-16(13-5-6-13)11-17-20(21(25)28)19(31-23(17)26-22)10-15-8-7-14(9-18(15)24)12-3-4-12/h7-9,11-13H,3-6,10H2,1-2H3,(H2,25,28). The molecule has 2 aliphatic carbocycles. The highest BCUT2D eigenvalue weighted by Crippen LogP contribution is 2.46. The van der Waals surface area contributed by atoms with Gasteiger partial charge in [-0.1, -0.05) is 12.1 Å². The maximum atomic E-state index is 14.7. The fraction of sp³-hybridized carbons (Fsp3) is 0.391. The van der Waals surface area contributed by atoms with Crippen LogP contribution < -0.4 is 10.0 Å². The molecule has 0 spiro atoms. The lowest BCUT2D eigenvalue weighted by molar-refractivity contribution is 0.1000. The third-order valence-corrected chi connectivity index (χ3v) is 7.47. The van der Waals surface area contributed by atoms with E-state index >= 15 is 0 Å². The molecule has 0 saturated heterocycles. The fourth-order valence-electron chi connectivity index (χ4n) is 4.13. The van der Waals surface area contributed by atoms with Crippen LogP contribution in [0.3, 0.4) is 0 Å². The van der Waals surface area contributed by atoms with Crippen molar-refractivity contribution in [3.05, 3.63) is 58.1 Å². The van der Waals surface area contributed by atoms with Gasteiger partial charge < -0.3 is 10.2 Å². The molecule has 0 radical (unpaired) electrons. The molecule has 1 amide bonds. The molecule has 3 aromatic rings. The second kappa shape index (κ2) is 7.30. The number of nitrogens with two attached hydrogens (primary N) is 1. The maximum absolute atomic E-state index is 14.7. The molecule has 1 aromatic carbocycles. The highest BCUT2D eigenvalue weighted by molar-refractivity contribution is 7.92. The van der Waals surface area contributed by atoms with Crippen molar-refractivity contribution in [1.82, 2.24) is 4.98 Å². The first-order chi connectivity index (χ1) is 15.1. The van der Waals surface area contributed by atoms with Crippen molar-refractivity contribution in [1.29, 1.82) is 0 Å². The molecule has 7 nitrogen and oxygen atoms in total. The minimum Gasteiger partial charge on any atom is -0.441 e. The lowest BCUT2D eigenvalue weighted by Gasteiger charge is -2.18. The number of hydrogen-bond donors (Lipinski definition) is 1. The second-order valence-corrected chi connectivity index (χ2v) is 10.8. The lowest BCUT2D eigenvalue weighted by Crippen LogP contribution is -2.26. The van der Waals surface area contributed by atoms with Gasteiger partial charge in [0.05, 0.1) is 17.2 Å². The highest BCUT2D eigenvalue weighted by Gasteiger charge is 2.33. The molecule has 2 N–H and O–H groups in total. The normalized spacial score (nSPS) is 16.5. The largest absolute Gasteiger partial charge is 0.441 e. The average Bonchev–Trinajstić information content (AvgIpc) is 3.62. The number of carbonyl (C=O) groups excluding carboxylic acids is 1. The number of carbonyl (C=O) groups is 1. The van der Waals surface area contributed by atoms with Crippen LogP contribution in [-0.4, -0.2) is 32.6 Å². The van der Waals surface area contributed by atoms with E-state index in [0.29, 0.717) is 16.9 Å². The molecule has 2 saturated carbocycles. The molecule has 0 unspecified atom stereocenters. The third-order valence-electron chi connectivity index (χ3n) is 6.30. The molecular weight excluding hydrogens is 433 g/mol. The van der Waals surface area contributed by atoms with Crippen molar-refractivity contribution < 1.29 is 22.0 Å². The Morgan fingerprint density at radius 2 is 1.91 bits per heavy atom. The molecule has 0 bridgehead atoms. The fourth-order valence-corrected chi connectivity index (χ4v) is 4.59. The summed E-state index contributed by atoms with van der Waals surface area (Å²) in [6.07, 6.45) is 5.12. The Hall–Kier alpha value is -2.94. The zero-order chi connectivity index (χ0) is 22.8. The molecule has 2 fully saturated rings. The number of primary amides is 1. The van der Waals surface area contributed by atoms with Gasteiger partial charge in [-0.2, -0.15) is 4.98 Å². The van der Waals surface area contributed by atoms with Crippen molar-refractivity contribution in [2.75, 3.05) is 17.6 Å². The number of hydrogen-bond acceptors (Lipinski definition) is 5. The Kier molecular flexibility index (Phi) is 4.77. The van der Waals surface area contributed by atoms with Crippen LogP contribution >= 0.6 is 0 Å². The van der Waals surface area contributed by atoms with Crippen molar-refractivity contribution in [2.24, 2.45) is 5.73 Å². The highest BCUT2D eigenvalue weighted by atomic mass is 32.2. The molecule has 32 heavy (non-hydrogen) atoms. The first-order valence-corrected chi connectivity index (χ1v) is 12.5. The number of aromatic nitrogens is 1. The summed E-state index contributed by atoms with van der Waals surface area (Å²) in [5.74, 6) is 0.0486. The summed E-state index contributed by atoms with van der Waals surface area (Å²) in [6, 6.07) is 6.91. The van der Waals surface area contributed by atoms with Gasteiger partial charge in [-0.15, -0.1) is 0 Å². The summed E-state index contributed by atoms with van der Waals surface area (Å²) in [4.78, 5) is 16.8. The Balaban J connectivity index is 1.62. The van der Waals surface area contributed by atoms with E-state index in [9.17, 15) is 17.6 Å². The number of fused-ring (bicyclic) bond motifs is 1. The van der Waals surface area contributed by atoms with E-state index in [2.05, 4.69) is 4.98 Å². The molecule has 168 valence electrons. The second-order valence-electron chi connectivity index (χ2n) is 8.83. The van der Waals surface area contributed by atoms with Crippen LogP contribution in [0.4, 0.5) is 10.2 Å². The number of furan rings is 1. The van der Waals surface area contributed by atoms with Crippen LogP contribution in [0.15, 0.2) is 28.7 Å². The summed E-state index contributed by atoms with van der Waals surface area (Å²) >= 11 is 0. The third kappa shape index (κ3) is 3.74. The Morgan fingerprint density at radius 1 is 1.22 bits per heavy atom. The summed E-state index contributed by atoms with van der Waals surface area (Å²) in [5, 5.41) is 0.426. The van der Waals surface area contributed by atoms with E-state index in [1.54, 1.807) is 18.2 Å². The van der Waals surface area contributed by atoms with Gasteiger partial charge in [0.25, 0.3) is 5.91 Å². The molecule has 5 rings (SSSR count). The van der Waals surface area contributed by atoms with E-state index in [4.69, 9.17) is 10.2 Å². The number of amides is 1. The molecular formula is C23H24FN3O4S. The Morgan fingerprint density at radius 3 is 2.47 bits per heavy atom. The number of halogens is 1. The zero-order valence-corrected chi connectivity index (χ0v) is 18.7. The number of anilines is 1. The molecule has 0 atom stereocenters. The summed E-state index contributed by atoms with van der Waals surface area (Å²) in [5.41, 5.74) is 8.05. The topological polar surface area (TPSA) is 106 Å². The minimum absolute atomic E-state index is 0.0431. The number of pyridine rings is 1. The molecule has 2 aromatic heterocycles. The van der Waals surface area contributed by atoms with E-state index in [1.807, 2.05) is 6.07 Å². The zero-order valence-electron chi connectivity index (χ0n) is 17.9. The predicted molar refractivity (Wildman–Crippen MR) is 119 cm³/mol. The van der Waals surface area contributed by atoms with Gasteiger partial charge >= 0.3 is 0 Å². The van der Waals surface area contributed by atoms with E-state index in [-0.39, 0.29) is 41.0 Å². The quantitative estimate of drug-likeness (QED) is 0.581. The van der Waals surface area contributed by atoms with Gasteiger partial charge in [0.2, 0.25) is 15.7 Å². The van der Waals surface area contributed by atoms with Crippen LogP contribution in [0.5, 0.6) is 0 Å². The summed E-state index contributed by atoms with van der Waals surface area (Å²) in [6.45, 7) is 0. The van der Waals surface area contributed by atoms with E-state index < -0.39 is 15.9 Å². The monoisotopic (exact) mass is 457 g/mol. The molecule has 0 aliphatic heterocycles. The van der Waals surface area contributed by atoms with Crippen molar-refractivity contribution in [3.63, 3.8) is 0 Å². The van der Waals surface area contributed by atoms with Crippen LogP contribution in [0.2, 0.25) is 0 Å². The summed E-state index contributed by atoms with van der Waals surface area (Å²) in [7, 11) is -2.11. The number of sulfonamides is 1. The van der Waals surface area contributed by atoms with Crippen LogP contribution in [0.1, 0.15) is 70.3 Å². The molecule has 2 heterocycles. The molecule has 2 aliphatic rings. The Labute approximate surface area is 185 Å². The Bertz CT molecular complexity index is 1360. The first kappa shape index (κ1) is 20.9. The van der Waals surface area contributed by atoms with Gasteiger partial charge in [0.1, 0.15) is 17.4 Å². The van der Waals surface area contributed by atoms with Gasteiger partial charge in [-0.3, -0.25) is 9.10 Å². The number of nitrogens with zero attached hydrogens (tertiary/aromatic N) is 2. The average molecular weight is 458 g/mol. The van der Waals surface area contributed by atoms with Crippen LogP contribution in [0.25, 0.3) is 11.1 Å². The number of rotatable bonds is 7. The van der Waals surface area contributed by atoms with Crippen molar-refractivity contribution >= 4 is 32.8 Å². The van der Waals surface area contributed by atoms with Gasteiger partial charge in [-0.25, -0.2) is 12.8 Å². The maximum Gasteiger partial charge on any atom is 0.252 e. The van der Waals surface area contributed by atoms with Crippen molar-refractivity contribution in [2.45, 2.75) is 43.9 Å². The number of benzene rings is 1. The van der Waals surface area contributed by atoms with Crippen molar-refractivity contribution in [3.8, 4) is 0 Å². The SMILES string of the molecule is CN(c1nc2oc(Cc3ccc(C4CC4)cc3F)c(C(N)=O)c2cc1C1CC1)S(C)(=O)=O. The first-order valence-electron chi connectivity index (χ1n) is 10.6. The lowest BCUT2D eigenvalue weighted by atomic mass is 10.0. The molecule has 9 heteroatoms. The summed E-state index contributed by atoms with van der Waals surface area (Å²) < 4.78 is 46.0. The predicted octanol–water partition coefficient (Wildman–Crippen LogP) is 3.81.